The fourth-order valence-corrected chi connectivity index (χ4v) is 7.97. The minimum absolute atomic E-state index is 0. The third-order valence-corrected chi connectivity index (χ3v) is 12.6. The van der Waals surface area contributed by atoms with Gasteiger partial charge in [0.15, 0.2) is 0 Å². The van der Waals surface area contributed by atoms with Crippen molar-refractivity contribution < 1.29 is 60.7 Å². The molecule has 0 spiro atoms. The Bertz CT molecular complexity index is 1030. The number of carboxylic acids is 4. The van der Waals surface area contributed by atoms with Crippen LogP contribution in [-0.4, -0.2) is 44.3 Å². The summed E-state index contributed by atoms with van der Waals surface area (Å²) >= 11 is 0. The molecule has 0 aliphatic rings. The maximum Gasteiger partial charge on any atom is 0.303 e. The molecule has 0 aromatic rings. The van der Waals surface area contributed by atoms with Crippen molar-refractivity contribution in [2.45, 2.75) is 336 Å². The largest absolute Gasteiger partial charge is 0.481 e. The quantitative estimate of drug-likeness (QED) is 0.0347. The van der Waals surface area contributed by atoms with Crippen LogP contribution in [0.1, 0.15) is 336 Å². The van der Waals surface area contributed by atoms with E-state index >= 15 is 0 Å². The SMILES string of the molecule is CCCCCC/C=C\CCCCCCCC(=O)O.CCCCCC/C=C\CCCCCCCC(=O)O.CCCCCC/C=C\CCCCCCCC(=O)O.CCCCCC/C=C\CCCCCCCC(=O)O.[W]. The molecule has 9 heteroatoms. The molecule has 0 aromatic heterocycles. The van der Waals surface area contributed by atoms with Crippen LogP contribution in [-0.2, 0) is 40.2 Å². The third-order valence-electron chi connectivity index (χ3n) is 12.6. The molecule has 0 fully saturated rings. The van der Waals surface area contributed by atoms with Crippen molar-refractivity contribution in [1.29, 1.82) is 0 Å². The molecule has 0 amide bonds. The predicted octanol–water partition coefficient (Wildman–Crippen LogP) is 21.3. The van der Waals surface area contributed by atoms with Gasteiger partial charge in [0.25, 0.3) is 0 Å². The van der Waals surface area contributed by atoms with Gasteiger partial charge in [0.1, 0.15) is 0 Å². The molecule has 0 radical (unpaired) electrons. The molecule has 0 bridgehead atoms. The average Bonchev–Trinajstić information content (AvgIpc) is 3.35. The van der Waals surface area contributed by atoms with Gasteiger partial charge in [-0.1, -0.05) is 230 Å². The van der Waals surface area contributed by atoms with Gasteiger partial charge in [-0.25, -0.2) is 0 Å². The number of rotatable bonds is 52. The maximum atomic E-state index is 10.3. The van der Waals surface area contributed by atoms with E-state index in [-0.39, 0.29) is 21.1 Å². The van der Waals surface area contributed by atoms with Gasteiger partial charge >= 0.3 is 23.9 Å². The fraction of sp³-hybridized carbons (Fsp3) is 0.812. The number of carbonyl (C=O) groups is 4. The number of allylic oxidation sites excluding steroid dienone is 8. The van der Waals surface area contributed by atoms with Crippen molar-refractivity contribution in [3.8, 4) is 0 Å². The van der Waals surface area contributed by atoms with Crippen LogP contribution in [0.25, 0.3) is 0 Å². The van der Waals surface area contributed by atoms with Crippen molar-refractivity contribution in [1.82, 2.24) is 0 Å². The summed E-state index contributed by atoms with van der Waals surface area (Å²) < 4.78 is 0. The fourth-order valence-electron chi connectivity index (χ4n) is 7.97. The van der Waals surface area contributed by atoms with Gasteiger partial charge in [0.2, 0.25) is 0 Å². The van der Waals surface area contributed by atoms with Crippen molar-refractivity contribution in [3.63, 3.8) is 0 Å². The first kappa shape index (κ1) is 79.4. The molecule has 4 N–H and O–H groups in total. The van der Waals surface area contributed by atoms with Crippen LogP contribution in [0.2, 0.25) is 0 Å². The zero-order valence-electron chi connectivity index (χ0n) is 48.4. The van der Waals surface area contributed by atoms with Gasteiger partial charge in [-0.05, 0) is 128 Å². The molecule has 0 atom stereocenters. The molecule has 0 heterocycles. The second kappa shape index (κ2) is 76.0. The first-order valence-corrected chi connectivity index (χ1v) is 30.6. The summed E-state index contributed by atoms with van der Waals surface area (Å²) in [5.41, 5.74) is 0. The van der Waals surface area contributed by atoms with E-state index in [0.717, 1.165) is 51.4 Å². The zero-order chi connectivity index (χ0) is 53.9. The number of unbranched alkanes of at least 4 members (excludes halogenated alkanes) is 36. The van der Waals surface area contributed by atoms with Gasteiger partial charge in [-0.2, -0.15) is 0 Å². The summed E-state index contributed by atoms with van der Waals surface area (Å²) in [4.78, 5) is 41.2. The summed E-state index contributed by atoms with van der Waals surface area (Å²) in [5, 5.41) is 33.9. The summed E-state index contributed by atoms with van der Waals surface area (Å²) in [6.07, 6.45) is 73.3. The van der Waals surface area contributed by atoms with Crippen molar-refractivity contribution >= 4 is 23.9 Å². The molecule has 0 aliphatic heterocycles. The van der Waals surface area contributed by atoms with Crippen LogP contribution >= 0.6 is 0 Å². The average molecular weight is 1200 g/mol. The van der Waals surface area contributed by atoms with Crippen LogP contribution < -0.4 is 0 Å². The smallest absolute Gasteiger partial charge is 0.303 e. The summed E-state index contributed by atoms with van der Waals surface area (Å²) in [6, 6.07) is 0. The van der Waals surface area contributed by atoms with E-state index in [0.29, 0.717) is 25.7 Å². The second-order valence-electron chi connectivity index (χ2n) is 20.1. The van der Waals surface area contributed by atoms with Gasteiger partial charge in [-0.15, -0.1) is 0 Å². The number of hydrogen-bond donors (Lipinski definition) is 4. The standard InChI is InChI=1S/4C16H30O2.W/c4*1-2-3-4-5-6-7-8-9-10-11-12-13-14-15-16(17)18;/h4*7-8H,2-6,9-15H2,1H3,(H,17,18);/b4*8-7-;. The van der Waals surface area contributed by atoms with Gasteiger partial charge in [-0.3, -0.25) is 19.2 Å². The van der Waals surface area contributed by atoms with E-state index in [9.17, 15) is 19.2 Å². The normalized spacial score (nSPS) is 11.0. The second-order valence-corrected chi connectivity index (χ2v) is 20.1. The minimum Gasteiger partial charge on any atom is -0.481 e. The van der Waals surface area contributed by atoms with Gasteiger partial charge in [0, 0.05) is 46.7 Å². The predicted molar refractivity (Wildman–Crippen MR) is 311 cm³/mol. The van der Waals surface area contributed by atoms with Crippen molar-refractivity contribution in [3.05, 3.63) is 48.6 Å². The van der Waals surface area contributed by atoms with Gasteiger partial charge in [0.05, 0.1) is 0 Å². The summed E-state index contributed by atoms with van der Waals surface area (Å²) in [5.74, 6) is -2.66. The number of carboxylic acid groups (broad SMARTS) is 4. The molecule has 0 rings (SSSR count). The van der Waals surface area contributed by atoms with Gasteiger partial charge < -0.3 is 20.4 Å². The Kier molecular flexibility index (Phi) is 82.7. The molecule has 430 valence electrons. The van der Waals surface area contributed by atoms with E-state index < -0.39 is 23.9 Å². The third kappa shape index (κ3) is 95.8. The zero-order valence-corrected chi connectivity index (χ0v) is 51.3. The molecule has 8 nitrogen and oxygen atoms in total. The van der Waals surface area contributed by atoms with Crippen molar-refractivity contribution in [2.24, 2.45) is 0 Å². The molecule has 0 saturated carbocycles. The van der Waals surface area contributed by atoms with E-state index in [4.69, 9.17) is 20.4 Å². The monoisotopic (exact) mass is 1200 g/mol. The molecule has 0 saturated heterocycles. The van der Waals surface area contributed by atoms with Crippen LogP contribution in [0.15, 0.2) is 48.6 Å². The molecule has 0 unspecified atom stereocenters. The topological polar surface area (TPSA) is 149 Å². The van der Waals surface area contributed by atoms with Crippen molar-refractivity contribution in [2.75, 3.05) is 0 Å². The minimum atomic E-state index is -0.666. The van der Waals surface area contributed by atoms with E-state index in [2.05, 4.69) is 76.3 Å². The molecule has 0 aliphatic carbocycles. The Labute approximate surface area is 466 Å². The Balaban J connectivity index is -0.000000280. The van der Waals surface area contributed by atoms with Crippen LogP contribution in [0, 0.1) is 0 Å². The molecular weight excluding hydrogens is 1080 g/mol. The van der Waals surface area contributed by atoms with E-state index in [1.165, 1.54) is 231 Å². The Hall–Kier alpha value is -2.47. The first-order chi connectivity index (χ1) is 35.1. The first-order valence-electron chi connectivity index (χ1n) is 30.6. The molecule has 73 heavy (non-hydrogen) atoms. The van der Waals surface area contributed by atoms with E-state index in [1.807, 2.05) is 0 Å². The maximum absolute atomic E-state index is 10.3. The van der Waals surface area contributed by atoms with E-state index in [1.54, 1.807) is 0 Å². The van der Waals surface area contributed by atoms with Crippen LogP contribution in [0.5, 0.6) is 0 Å². The molecular formula is C64H120O8W. The molecule has 0 aromatic carbocycles. The summed E-state index contributed by atoms with van der Waals surface area (Å²) in [6.45, 7) is 8.97. The number of aliphatic carboxylic acids is 4. The Morgan fingerprint density at radius 1 is 0.219 bits per heavy atom. The summed E-state index contributed by atoms with van der Waals surface area (Å²) in [7, 11) is 0. The van der Waals surface area contributed by atoms with Crippen LogP contribution in [0.4, 0.5) is 0 Å². The number of hydrogen-bond acceptors (Lipinski definition) is 4. The Morgan fingerprint density at radius 2 is 0.342 bits per heavy atom. The van der Waals surface area contributed by atoms with Crippen LogP contribution in [0.3, 0.4) is 0 Å². The Morgan fingerprint density at radius 3 is 0.479 bits per heavy atom.